The highest BCUT2D eigenvalue weighted by atomic mass is 32.2. The average molecular weight is 553 g/mol. The molecule has 0 bridgehead atoms. The Hall–Kier alpha value is -3.54. The first-order valence-corrected chi connectivity index (χ1v) is 14.8. The fourth-order valence-electron chi connectivity index (χ4n) is 4.54. The van der Waals surface area contributed by atoms with Gasteiger partial charge in [0, 0.05) is 55.8 Å². The van der Waals surface area contributed by atoms with Crippen molar-refractivity contribution in [1.82, 2.24) is 10.0 Å². The number of anilines is 2. The average Bonchev–Trinajstić information content (AvgIpc) is 3.68. The molecule has 2 aromatic carbocycles. The monoisotopic (exact) mass is 552 g/mol. The summed E-state index contributed by atoms with van der Waals surface area (Å²) in [6.45, 7) is 1.80. The summed E-state index contributed by atoms with van der Waals surface area (Å²) in [7, 11) is -3.80. The molecule has 198 valence electrons. The van der Waals surface area contributed by atoms with Gasteiger partial charge in [-0.2, -0.15) is 0 Å². The lowest BCUT2D eigenvalue weighted by Crippen LogP contribution is -2.24. The van der Waals surface area contributed by atoms with Crippen LogP contribution in [0.3, 0.4) is 0 Å². The van der Waals surface area contributed by atoms with Crippen LogP contribution in [0.2, 0.25) is 0 Å². The summed E-state index contributed by atoms with van der Waals surface area (Å²) in [5.41, 5.74) is 3.57. The normalized spacial score (nSPS) is 15.9. The van der Waals surface area contributed by atoms with Crippen molar-refractivity contribution in [2.45, 2.75) is 43.0 Å². The first-order chi connectivity index (χ1) is 18.3. The summed E-state index contributed by atoms with van der Waals surface area (Å²) < 4.78 is 28.2. The second-order valence-corrected chi connectivity index (χ2v) is 12.2. The fourth-order valence-corrected chi connectivity index (χ4v) is 6.76. The highest BCUT2D eigenvalue weighted by Gasteiger charge is 2.23. The first kappa shape index (κ1) is 26.1. The van der Waals surface area contributed by atoms with Crippen LogP contribution in [0.15, 0.2) is 64.2 Å². The smallest absolute Gasteiger partial charge is 0.252 e. The van der Waals surface area contributed by atoms with Gasteiger partial charge < -0.3 is 15.1 Å². The topological polar surface area (TPSA) is 116 Å². The molecule has 0 aliphatic carbocycles. The van der Waals surface area contributed by atoms with E-state index in [1.807, 2.05) is 36.4 Å². The van der Waals surface area contributed by atoms with Gasteiger partial charge in [-0.1, -0.05) is 24.3 Å². The molecule has 0 atom stereocenters. The Kier molecular flexibility index (Phi) is 7.59. The second-order valence-electron chi connectivity index (χ2n) is 9.29. The van der Waals surface area contributed by atoms with Crippen LogP contribution < -0.4 is 19.8 Å². The summed E-state index contributed by atoms with van der Waals surface area (Å²) in [5, 5.41) is 4.33. The van der Waals surface area contributed by atoms with Crippen LogP contribution in [0, 0.1) is 0 Å². The minimum absolute atomic E-state index is 0.0570. The lowest BCUT2D eigenvalue weighted by Gasteiger charge is -2.16. The van der Waals surface area contributed by atoms with Crippen molar-refractivity contribution in [2.24, 2.45) is 0 Å². The van der Waals surface area contributed by atoms with Crippen molar-refractivity contribution in [1.29, 1.82) is 0 Å². The molecule has 0 unspecified atom stereocenters. The summed E-state index contributed by atoms with van der Waals surface area (Å²) in [5.74, 6) is -0.144. The molecule has 3 aromatic rings. The van der Waals surface area contributed by atoms with Gasteiger partial charge in [-0.25, -0.2) is 13.1 Å². The number of hydrogen-bond acceptors (Lipinski definition) is 6. The predicted octanol–water partition coefficient (Wildman–Crippen LogP) is 3.41. The highest BCUT2D eigenvalue weighted by molar-refractivity contribution is 7.91. The molecule has 3 amide bonds. The minimum atomic E-state index is -3.80. The van der Waals surface area contributed by atoms with Crippen molar-refractivity contribution < 1.29 is 22.8 Å². The summed E-state index contributed by atoms with van der Waals surface area (Å²) in [4.78, 5) is 39.9. The molecule has 5 rings (SSSR count). The van der Waals surface area contributed by atoms with Gasteiger partial charge in [-0.3, -0.25) is 14.4 Å². The van der Waals surface area contributed by atoms with Gasteiger partial charge in [0.25, 0.3) is 5.91 Å². The van der Waals surface area contributed by atoms with Crippen LogP contribution >= 0.6 is 11.3 Å². The Morgan fingerprint density at radius 2 is 1.34 bits per heavy atom. The lowest BCUT2D eigenvalue weighted by atomic mass is 10.2. The van der Waals surface area contributed by atoms with E-state index in [0.717, 1.165) is 53.2 Å². The number of nitrogens with zero attached hydrogens (tertiary/aromatic N) is 2. The fraction of sp³-hybridized carbons (Fsp3) is 0.296. The summed E-state index contributed by atoms with van der Waals surface area (Å²) in [6.07, 6.45) is 2.83. The molecule has 0 saturated carbocycles. The number of hydrogen-bond donors (Lipinski definition) is 2. The molecule has 2 saturated heterocycles. The number of nitrogens with one attached hydrogen (secondary N) is 2. The van der Waals surface area contributed by atoms with E-state index in [1.54, 1.807) is 21.9 Å². The zero-order chi connectivity index (χ0) is 26.7. The molecule has 2 fully saturated rings. The molecule has 0 spiro atoms. The Bertz CT molecular complexity index is 1450. The van der Waals surface area contributed by atoms with Gasteiger partial charge in [0.15, 0.2) is 0 Å². The second kappa shape index (κ2) is 11.1. The van der Waals surface area contributed by atoms with Gasteiger partial charge in [0.1, 0.15) is 4.21 Å². The van der Waals surface area contributed by atoms with E-state index < -0.39 is 10.0 Å². The molecule has 3 heterocycles. The van der Waals surface area contributed by atoms with Crippen LogP contribution in [0.5, 0.6) is 0 Å². The van der Waals surface area contributed by atoms with Crippen molar-refractivity contribution in [3.8, 4) is 0 Å². The molecule has 11 heteroatoms. The number of amides is 3. The number of sulfonamides is 1. The van der Waals surface area contributed by atoms with Crippen molar-refractivity contribution in [2.75, 3.05) is 22.9 Å². The zero-order valence-corrected chi connectivity index (χ0v) is 22.3. The van der Waals surface area contributed by atoms with Gasteiger partial charge in [0.05, 0.1) is 5.56 Å². The molecule has 2 aliphatic heterocycles. The molecular formula is C27H28N4O5S2. The maximum Gasteiger partial charge on any atom is 0.252 e. The Labute approximate surface area is 225 Å². The van der Waals surface area contributed by atoms with Crippen LogP contribution in [0.25, 0.3) is 0 Å². The maximum absolute atomic E-state index is 12.8. The van der Waals surface area contributed by atoms with E-state index in [4.69, 9.17) is 0 Å². The van der Waals surface area contributed by atoms with E-state index in [1.165, 1.54) is 11.4 Å². The number of carbonyl (C=O) groups is 3. The van der Waals surface area contributed by atoms with Crippen LogP contribution in [-0.2, 0) is 32.7 Å². The molecular weight excluding hydrogens is 524 g/mol. The summed E-state index contributed by atoms with van der Waals surface area (Å²) >= 11 is 0.984. The third-order valence-corrected chi connectivity index (χ3v) is 9.51. The Balaban J connectivity index is 1.14. The molecule has 1 aromatic heterocycles. The van der Waals surface area contributed by atoms with Crippen molar-refractivity contribution in [3.05, 3.63) is 76.7 Å². The zero-order valence-electron chi connectivity index (χ0n) is 20.7. The van der Waals surface area contributed by atoms with Crippen LogP contribution in [0.1, 0.15) is 47.2 Å². The largest absolute Gasteiger partial charge is 0.348 e. The van der Waals surface area contributed by atoms with Crippen molar-refractivity contribution >= 4 is 50.5 Å². The lowest BCUT2D eigenvalue weighted by molar-refractivity contribution is -0.117. The number of benzene rings is 2. The molecule has 9 nitrogen and oxygen atoms in total. The van der Waals surface area contributed by atoms with E-state index in [2.05, 4.69) is 10.0 Å². The van der Waals surface area contributed by atoms with Gasteiger partial charge in [-0.05, 0) is 54.3 Å². The third kappa shape index (κ3) is 5.79. The highest BCUT2D eigenvalue weighted by Crippen LogP contribution is 2.24. The number of rotatable bonds is 9. The van der Waals surface area contributed by atoms with Crippen molar-refractivity contribution in [3.63, 3.8) is 0 Å². The number of carbonyl (C=O) groups excluding carboxylic acids is 3. The first-order valence-electron chi connectivity index (χ1n) is 12.5. The standard InChI is InChI=1S/C27H28N4O5S2/c32-24-3-1-13-30(24)22-9-5-19(6-10-22)16-28-27(34)21-15-26(37-18-21)38(35,36)29-17-20-7-11-23(12-8-20)31-14-2-4-25(31)33/h5-12,15,18,29H,1-4,13-14,16-17H2,(H,28,34). The molecule has 2 N–H and O–H groups in total. The molecule has 38 heavy (non-hydrogen) atoms. The van der Waals surface area contributed by atoms with Gasteiger partial charge in [-0.15, -0.1) is 11.3 Å². The quantitative estimate of drug-likeness (QED) is 0.422. The Morgan fingerprint density at radius 1 is 0.816 bits per heavy atom. The van der Waals surface area contributed by atoms with Crippen LogP contribution in [0.4, 0.5) is 11.4 Å². The van der Waals surface area contributed by atoms with E-state index in [9.17, 15) is 22.8 Å². The third-order valence-electron chi connectivity index (χ3n) is 6.66. The Morgan fingerprint density at radius 3 is 1.84 bits per heavy atom. The van der Waals surface area contributed by atoms with E-state index >= 15 is 0 Å². The minimum Gasteiger partial charge on any atom is -0.348 e. The summed E-state index contributed by atoms with van der Waals surface area (Å²) in [6, 6.07) is 16.1. The van der Waals surface area contributed by atoms with Gasteiger partial charge in [0.2, 0.25) is 21.8 Å². The number of thiophene rings is 1. The predicted molar refractivity (Wildman–Crippen MR) is 146 cm³/mol. The van der Waals surface area contributed by atoms with Crippen LogP contribution in [-0.4, -0.2) is 39.2 Å². The van der Waals surface area contributed by atoms with Gasteiger partial charge >= 0.3 is 0 Å². The van der Waals surface area contributed by atoms with E-state index in [0.29, 0.717) is 19.4 Å². The SMILES string of the molecule is O=C(NCc1ccc(N2CCCC2=O)cc1)c1csc(S(=O)(=O)NCc2ccc(N3CCCC3=O)cc2)c1. The maximum atomic E-state index is 12.8. The molecule has 2 aliphatic rings. The van der Waals surface area contributed by atoms with E-state index in [-0.39, 0.29) is 40.6 Å². The molecule has 0 radical (unpaired) electrons.